The molecule has 6 N–H and O–H groups in total. The van der Waals surface area contributed by atoms with E-state index in [-0.39, 0.29) is 30.3 Å². The van der Waals surface area contributed by atoms with Gasteiger partial charge in [0.25, 0.3) is 0 Å². The first-order valence-electron chi connectivity index (χ1n) is 18.1. The number of ether oxygens (including phenoxy) is 1. The first-order valence-corrected chi connectivity index (χ1v) is 18.1. The van der Waals surface area contributed by atoms with Crippen molar-refractivity contribution >= 4 is 0 Å². The molecule has 0 aromatic carbocycles. The molecule has 50 heavy (non-hydrogen) atoms. The van der Waals surface area contributed by atoms with E-state index in [1.165, 1.54) is 17.2 Å². The van der Waals surface area contributed by atoms with E-state index in [1.54, 1.807) is 26.0 Å². The third kappa shape index (κ3) is 13.1. The molecule has 0 radical (unpaired) electrons. The number of hydrogen-bond acceptors (Lipinski definition) is 9. The summed E-state index contributed by atoms with van der Waals surface area (Å²) in [6.07, 6.45) is 12.0. The minimum Gasteiger partial charge on any atom is -0.507 e. The van der Waals surface area contributed by atoms with Gasteiger partial charge >= 0.3 is 5.63 Å². The first-order chi connectivity index (χ1) is 23.4. The fourth-order valence-corrected chi connectivity index (χ4v) is 6.62. The van der Waals surface area contributed by atoms with Crippen molar-refractivity contribution in [2.45, 2.75) is 130 Å². The summed E-state index contributed by atoms with van der Waals surface area (Å²) in [5.74, 6) is 0.947. The summed E-state index contributed by atoms with van der Waals surface area (Å²) in [6, 6.07) is 1.20. The van der Waals surface area contributed by atoms with E-state index in [1.807, 2.05) is 13.0 Å². The number of hydrogen-bond donors (Lipinski definition) is 6. The molecule has 2 rings (SSSR count). The molecule has 1 aliphatic heterocycles. The number of rotatable bonds is 18. The van der Waals surface area contributed by atoms with Crippen molar-refractivity contribution < 1.29 is 39.8 Å². The molecule has 1 fully saturated rings. The molecule has 9 heteroatoms. The van der Waals surface area contributed by atoms with Crippen molar-refractivity contribution in [3.8, 4) is 5.75 Å². The Morgan fingerprint density at radius 2 is 1.68 bits per heavy atom. The van der Waals surface area contributed by atoms with Crippen LogP contribution in [-0.2, 0) is 10.2 Å². The second-order valence-corrected chi connectivity index (χ2v) is 15.3. The molecule has 1 aromatic rings. The van der Waals surface area contributed by atoms with E-state index in [4.69, 9.17) is 9.15 Å². The molecular formula is C41H64O9. The van der Waals surface area contributed by atoms with Gasteiger partial charge in [-0.05, 0) is 71.6 Å². The van der Waals surface area contributed by atoms with Crippen molar-refractivity contribution in [1.82, 2.24) is 0 Å². The Labute approximate surface area is 299 Å². The van der Waals surface area contributed by atoms with Crippen molar-refractivity contribution in [2.24, 2.45) is 23.7 Å². The maximum absolute atomic E-state index is 13.0. The van der Waals surface area contributed by atoms with Crippen LogP contribution in [0.4, 0.5) is 0 Å². The molecule has 9 nitrogen and oxygen atoms in total. The quantitative estimate of drug-likeness (QED) is 0.0931. The van der Waals surface area contributed by atoms with Crippen LogP contribution in [0.5, 0.6) is 5.75 Å². The third-order valence-electron chi connectivity index (χ3n) is 9.76. The summed E-state index contributed by atoms with van der Waals surface area (Å²) in [7, 11) is 0. The van der Waals surface area contributed by atoms with Crippen LogP contribution in [0.2, 0.25) is 0 Å². The molecule has 1 aromatic heterocycles. The number of allylic oxidation sites excluding steroid dienone is 8. The van der Waals surface area contributed by atoms with Crippen LogP contribution in [0.3, 0.4) is 0 Å². The molecular weight excluding hydrogens is 636 g/mol. The van der Waals surface area contributed by atoms with E-state index in [0.717, 1.165) is 31.3 Å². The molecule has 0 saturated carbocycles. The van der Waals surface area contributed by atoms with Gasteiger partial charge in [0.05, 0.1) is 30.3 Å². The Morgan fingerprint density at radius 1 is 1.02 bits per heavy atom. The van der Waals surface area contributed by atoms with Crippen LogP contribution in [0.1, 0.15) is 112 Å². The van der Waals surface area contributed by atoms with Crippen LogP contribution in [0, 0.1) is 23.7 Å². The van der Waals surface area contributed by atoms with Gasteiger partial charge in [-0.25, -0.2) is 4.79 Å². The molecule has 0 aliphatic carbocycles. The van der Waals surface area contributed by atoms with Gasteiger partial charge in [-0.1, -0.05) is 93.4 Å². The highest BCUT2D eigenvalue weighted by Crippen LogP contribution is 2.37. The standard InChI is InChI=1S/C41H64O9/c1-10-25(2)16-26(3)12-11-13-27(4)17-29(6)18-30(7)20-31(23-42)19-28(5)14-15-35(46)41(8,9)36-22-33(44)37(40(48)50-36)39-38(47)34(45)21-32(24-43)49-39/h11-16,19,22,25,29-32,34-35,38-39,42-47H,10,17-18,20-21,23-24H2,1-9H3/t25-,29+,30+,31+,32-,34+,35+,38+,39-/m1/s1. The number of aromatic hydroxyl groups is 1. The molecule has 1 aliphatic rings. The molecule has 0 amide bonds. The largest absolute Gasteiger partial charge is 0.507 e. The smallest absolute Gasteiger partial charge is 0.345 e. The molecule has 2 heterocycles. The van der Waals surface area contributed by atoms with Crippen molar-refractivity contribution in [3.63, 3.8) is 0 Å². The Hall–Kier alpha value is -2.79. The average molecular weight is 701 g/mol. The highest BCUT2D eigenvalue weighted by atomic mass is 16.5. The predicted octanol–water partition coefficient (Wildman–Crippen LogP) is 6.58. The lowest BCUT2D eigenvalue weighted by atomic mass is 9.82. The van der Waals surface area contributed by atoms with Crippen molar-refractivity contribution in [3.05, 3.63) is 87.1 Å². The van der Waals surface area contributed by atoms with Gasteiger partial charge in [0.15, 0.2) is 0 Å². The van der Waals surface area contributed by atoms with Crippen LogP contribution < -0.4 is 5.63 Å². The lowest BCUT2D eigenvalue weighted by Crippen LogP contribution is -2.46. The molecule has 282 valence electrons. The highest BCUT2D eigenvalue weighted by Gasteiger charge is 2.41. The van der Waals surface area contributed by atoms with E-state index in [2.05, 4.69) is 65.8 Å². The zero-order valence-corrected chi connectivity index (χ0v) is 31.7. The van der Waals surface area contributed by atoms with Gasteiger partial charge in [-0.2, -0.15) is 0 Å². The summed E-state index contributed by atoms with van der Waals surface area (Å²) < 4.78 is 11.1. The van der Waals surface area contributed by atoms with E-state index >= 15 is 0 Å². The normalized spacial score (nSPS) is 24.5. The molecule has 0 spiro atoms. The highest BCUT2D eigenvalue weighted by molar-refractivity contribution is 5.36. The monoisotopic (exact) mass is 700 g/mol. The van der Waals surface area contributed by atoms with Crippen molar-refractivity contribution in [2.75, 3.05) is 13.2 Å². The molecule has 1 saturated heterocycles. The lowest BCUT2D eigenvalue weighted by molar-refractivity contribution is -0.180. The SMILES string of the molecule is CC[C@@H](C)C=C(C)C=CC=C(C)C[C@H](C)C[C@H](C)C[C@H](C=C(C)C=C[C@H](O)C(C)(C)c1cc(O)c([C@H]2O[C@@H](CO)C[C@H](O)[C@@H]2O)c(=O)o1)CO. The Morgan fingerprint density at radius 3 is 2.28 bits per heavy atom. The number of aliphatic hydroxyl groups excluding tert-OH is 5. The zero-order chi connectivity index (χ0) is 37.8. The molecule has 0 unspecified atom stereocenters. The van der Waals surface area contributed by atoms with Gasteiger partial charge in [0.2, 0.25) is 0 Å². The second kappa shape index (κ2) is 20.3. The summed E-state index contributed by atoms with van der Waals surface area (Å²) in [6.45, 7) is 18.0. The lowest BCUT2D eigenvalue weighted by Gasteiger charge is -2.36. The van der Waals surface area contributed by atoms with Crippen LogP contribution in [0.15, 0.2) is 74.5 Å². The van der Waals surface area contributed by atoms with Gasteiger partial charge < -0.3 is 39.8 Å². The first kappa shape index (κ1) is 43.4. The minimum absolute atomic E-state index is 0.0114. The van der Waals surface area contributed by atoms with Crippen LogP contribution in [-0.4, -0.2) is 68.3 Å². The summed E-state index contributed by atoms with van der Waals surface area (Å²) in [5.41, 5.74) is 1.00. The summed E-state index contributed by atoms with van der Waals surface area (Å²) in [4.78, 5) is 13.0. The maximum atomic E-state index is 13.0. The average Bonchev–Trinajstić information content (AvgIpc) is 3.04. The van der Waals surface area contributed by atoms with Gasteiger partial charge in [-0.3, -0.25) is 0 Å². The minimum atomic E-state index is -1.51. The van der Waals surface area contributed by atoms with Crippen molar-refractivity contribution in [1.29, 1.82) is 0 Å². The van der Waals surface area contributed by atoms with Gasteiger partial charge in [-0.15, -0.1) is 0 Å². The second-order valence-electron chi connectivity index (χ2n) is 15.3. The Kier molecular flexibility index (Phi) is 17.6. The topological polar surface area (TPSA) is 161 Å². The van der Waals surface area contributed by atoms with Gasteiger partial charge in [0, 0.05) is 25.0 Å². The van der Waals surface area contributed by atoms with E-state index in [9.17, 15) is 35.4 Å². The summed E-state index contributed by atoms with van der Waals surface area (Å²) >= 11 is 0. The fourth-order valence-electron chi connectivity index (χ4n) is 6.62. The number of aliphatic hydroxyl groups is 5. The van der Waals surface area contributed by atoms with Crippen LogP contribution in [0.25, 0.3) is 0 Å². The molecule has 0 bridgehead atoms. The summed E-state index contributed by atoms with van der Waals surface area (Å²) in [5, 5.41) is 62.1. The third-order valence-corrected chi connectivity index (χ3v) is 9.76. The van der Waals surface area contributed by atoms with Crippen LogP contribution >= 0.6 is 0 Å². The van der Waals surface area contributed by atoms with Gasteiger partial charge in [0.1, 0.15) is 29.3 Å². The van der Waals surface area contributed by atoms with E-state index in [0.29, 0.717) is 17.8 Å². The Bertz CT molecular complexity index is 1420. The fraction of sp³-hybridized carbons (Fsp3) is 0.634. The van der Waals surface area contributed by atoms with E-state index < -0.39 is 53.9 Å². The zero-order valence-electron chi connectivity index (χ0n) is 31.7. The molecule has 9 atom stereocenters. The Balaban J connectivity index is 2.04. The predicted molar refractivity (Wildman–Crippen MR) is 199 cm³/mol. The maximum Gasteiger partial charge on any atom is 0.345 e.